The zero-order valence-electron chi connectivity index (χ0n) is 10.5. The molecule has 0 fully saturated rings. The molecule has 0 saturated carbocycles. The Labute approximate surface area is 103 Å². The van der Waals surface area contributed by atoms with Crippen molar-refractivity contribution in [3.8, 4) is 0 Å². The van der Waals surface area contributed by atoms with Crippen LogP contribution in [0.25, 0.3) is 0 Å². The maximum atomic E-state index is 5.58. The summed E-state index contributed by atoms with van der Waals surface area (Å²) in [6, 6.07) is 0.624. The number of rotatable bonds is 10. The fraction of sp³-hybridized carbons (Fsp3) is 1.00. The molecule has 0 aliphatic heterocycles. The van der Waals surface area contributed by atoms with E-state index in [1.54, 1.807) is 0 Å². The fourth-order valence-electron chi connectivity index (χ4n) is 1.42. The molecule has 0 rings (SSSR count). The Balaban J connectivity index is 3.48. The SMILES string of the molecule is CCCCOCCN(CCCBr)C(C)C. The summed E-state index contributed by atoms with van der Waals surface area (Å²) in [6.45, 7) is 10.7. The molecule has 0 aliphatic carbocycles. The summed E-state index contributed by atoms with van der Waals surface area (Å²) in [4.78, 5) is 2.48. The molecule has 0 aromatic heterocycles. The lowest BCUT2D eigenvalue weighted by Crippen LogP contribution is -2.35. The van der Waals surface area contributed by atoms with E-state index in [0.717, 1.165) is 25.1 Å². The number of ether oxygens (including phenoxy) is 1. The van der Waals surface area contributed by atoms with Gasteiger partial charge in [0, 0.05) is 24.5 Å². The molecule has 0 bridgehead atoms. The average molecular weight is 280 g/mol. The minimum atomic E-state index is 0.624. The van der Waals surface area contributed by atoms with Gasteiger partial charge < -0.3 is 4.74 Å². The normalized spacial score (nSPS) is 11.6. The standard InChI is InChI=1S/C12H26BrNO/c1-4-5-10-15-11-9-14(12(2)3)8-6-7-13/h12H,4-11H2,1-3H3. The molecule has 0 atom stereocenters. The highest BCUT2D eigenvalue weighted by molar-refractivity contribution is 9.09. The van der Waals surface area contributed by atoms with Crippen molar-refractivity contribution in [3.05, 3.63) is 0 Å². The first-order chi connectivity index (χ1) is 7.22. The molecule has 0 N–H and O–H groups in total. The van der Waals surface area contributed by atoms with Crippen LogP contribution in [0.4, 0.5) is 0 Å². The van der Waals surface area contributed by atoms with Crippen molar-refractivity contribution in [2.75, 3.05) is 31.6 Å². The van der Waals surface area contributed by atoms with Crippen LogP contribution in [0.2, 0.25) is 0 Å². The van der Waals surface area contributed by atoms with Crippen molar-refractivity contribution in [3.63, 3.8) is 0 Å². The van der Waals surface area contributed by atoms with Crippen LogP contribution >= 0.6 is 15.9 Å². The Kier molecular flexibility index (Phi) is 11.2. The second-order valence-electron chi connectivity index (χ2n) is 4.14. The average Bonchev–Trinajstić information content (AvgIpc) is 2.21. The maximum Gasteiger partial charge on any atom is 0.0593 e. The fourth-order valence-corrected chi connectivity index (χ4v) is 1.67. The predicted octanol–water partition coefficient (Wildman–Crippen LogP) is 3.30. The van der Waals surface area contributed by atoms with Crippen LogP contribution in [0.1, 0.15) is 40.0 Å². The Morgan fingerprint density at radius 2 is 1.87 bits per heavy atom. The molecule has 0 amide bonds. The van der Waals surface area contributed by atoms with E-state index < -0.39 is 0 Å². The summed E-state index contributed by atoms with van der Waals surface area (Å²) in [5, 5.41) is 1.09. The number of unbranched alkanes of at least 4 members (excludes halogenated alkanes) is 1. The highest BCUT2D eigenvalue weighted by Crippen LogP contribution is 2.01. The van der Waals surface area contributed by atoms with Crippen LogP contribution in [-0.2, 0) is 4.74 Å². The molecule has 92 valence electrons. The van der Waals surface area contributed by atoms with Crippen molar-refractivity contribution in [2.24, 2.45) is 0 Å². The number of hydrogen-bond acceptors (Lipinski definition) is 2. The van der Waals surface area contributed by atoms with E-state index in [1.165, 1.54) is 25.8 Å². The summed E-state index contributed by atoms with van der Waals surface area (Å²) in [6.07, 6.45) is 3.62. The van der Waals surface area contributed by atoms with Gasteiger partial charge in [-0.1, -0.05) is 29.3 Å². The molecule has 0 saturated heterocycles. The van der Waals surface area contributed by atoms with Gasteiger partial charge in [0.15, 0.2) is 0 Å². The highest BCUT2D eigenvalue weighted by Gasteiger charge is 2.07. The maximum absolute atomic E-state index is 5.58. The number of halogens is 1. The second-order valence-corrected chi connectivity index (χ2v) is 4.93. The molecule has 3 heteroatoms. The number of nitrogens with zero attached hydrogens (tertiary/aromatic N) is 1. The van der Waals surface area contributed by atoms with Gasteiger partial charge in [-0.05, 0) is 33.2 Å². The van der Waals surface area contributed by atoms with Gasteiger partial charge in [0.2, 0.25) is 0 Å². The van der Waals surface area contributed by atoms with Crippen LogP contribution in [0, 0.1) is 0 Å². The lowest BCUT2D eigenvalue weighted by atomic mass is 10.3. The van der Waals surface area contributed by atoms with E-state index in [1.807, 2.05) is 0 Å². The largest absolute Gasteiger partial charge is 0.380 e. The van der Waals surface area contributed by atoms with Crippen LogP contribution in [0.3, 0.4) is 0 Å². The molecule has 15 heavy (non-hydrogen) atoms. The van der Waals surface area contributed by atoms with E-state index in [4.69, 9.17) is 4.74 Å². The molecule has 0 spiro atoms. The first-order valence-electron chi connectivity index (χ1n) is 6.10. The van der Waals surface area contributed by atoms with Crippen molar-refractivity contribution >= 4 is 15.9 Å². The zero-order valence-corrected chi connectivity index (χ0v) is 12.1. The smallest absolute Gasteiger partial charge is 0.0593 e. The van der Waals surface area contributed by atoms with E-state index in [9.17, 15) is 0 Å². The lowest BCUT2D eigenvalue weighted by molar-refractivity contribution is 0.0910. The molecule has 0 radical (unpaired) electrons. The van der Waals surface area contributed by atoms with Crippen LogP contribution < -0.4 is 0 Å². The van der Waals surface area contributed by atoms with E-state index in [0.29, 0.717) is 6.04 Å². The quantitative estimate of drug-likeness (QED) is 0.450. The Hall–Kier alpha value is 0.400. The molecular formula is C12H26BrNO. The summed E-state index contributed by atoms with van der Waals surface area (Å²) >= 11 is 3.47. The number of hydrogen-bond donors (Lipinski definition) is 0. The lowest BCUT2D eigenvalue weighted by Gasteiger charge is -2.25. The highest BCUT2D eigenvalue weighted by atomic mass is 79.9. The third kappa shape index (κ3) is 9.34. The summed E-state index contributed by atoms with van der Waals surface area (Å²) in [5.41, 5.74) is 0. The van der Waals surface area contributed by atoms with Gasteiger partial charge in [0.1, 0.15) is 0 Å². The van der Waals surface area contributed by atoms with Crippen LogP contribution in [0.15, 0.2) is 0 Å². The molecule has 0 unspecified atom stereocenters. The molecule has 0 aromatic rings. The summed E-state index contributed by atoms with van der Waals surface area (Å²) < 4.78 is 5.58. The van der Waals surface area contributed by atoms with Crippen LogP contribution in [0.5, 0.6) is 0 Å². The van der Waals surface area contributed by atoms with Crippen molar-refractivity contribution in [1.29, 1.82) is 0 Å². The van der Waals surface area contributed by atoms with Gasteiger partial charge >= 0.3 is 0 Å². The van der Waals surface area contributed by atoms with Gasteiger partial charge in [0.25, 0.3) is 0 Å². The summed E-state index contributed by atoms with van der Waals surface area (Å²) in [5.74, 6) is 0. The first kappa shape index (κ1) is 15.4. The van der Waals surface area contributed by atoms with Crippen LogP contribution in [-0.4, -0.2) is 42.6 Å². The third-order valence-corrected chi connectivity index (χ3v) is 3.04. The minimum Gasteiger partial charge on any atom is -0.380 e. The molecule has 0 aliphatic rings. The zero-order chi connectivity index (χ0) is 11.5. The monoisotopic (exact) mass is 279 g/mol. The molecule has 0 heterocycles. The van der Waals surface area contributed by atoms with E-state index >= 15 is 0 Å². The predicted molar refractivity (Wildman–Crippen MR) is 70.8 cm³/mol. The van der Waals surface area contributed by atoms with Gasteiger partial charge in [-0.2, -0.15) is 0 Å². The van der Waals surface area contributed by atoms with Crippen molar-refractivity contribution in [1.82, 2.24) is 4.90 Å². The van der Waals surface area contributed by atoms with E-state index in [2.05, 4.69) is 41.6 Å². The van der Waals surface area contributed by atoms with Crippen molar-refractivity contribution < 1.29 is 4.74 Å². The van der Waals surface area contributed by atoms with Crippen molar-refractivity contribution in [2.45, 2.75) is 46.1 Å². The summed E-state index contributed by atoms with van der Waals surface area (Å²) in [7, 11) is 0. The Morgan fingerprint density at radius 3 is 2.40 bits per heavy atom. The van der Waals surface area contributed by atoms with Gasteiger partial charge in [-0.15, -0.1) is 0 Å². The molecule has 0 aromatic carbocycles. The minimum absolute atomic E-state index is 0.624. The Bertz CT molecular complexity index is 131. The van der Waals surface area contributed by atoms with Gasteiger partial charge in [-0.3, -0.25) is 4.90 Å². The third-order valence-electron chi connectivity index (χ3n) is 2.47. The van der Waals surface area contributed by atoms with Gasteiger partial charge in [0.05, 0.1) is 6.61 Å². The number of alkyl halides is 1. The Morgan fingerprint density at radius 1 is 1.13 bits per heavy atom. The second kappa shape index (κ2) is 10.9. The first-order valence-corrected chi connectivity index (χ1v) is 7.22. The molecular weight excluding hydrogens is 254 g/mol. The molecule has 2 nitrogen and oxygen atoms in total. The van der Waals surface area contributed by atoms with Gasteiger partial charge in [-0.25, -0.2) is 0 Å². The van der Waals surface area contributed by atoms with E-state index in [-0.39, 0.29) is 0 Å². The topological polar surface area (TPSA) is 12.5 Å².